The van der Waals surface area contributed by atoms with Crippen LogP contribution in [0.4, 0.5) is 13.2 Å². The first-order valence-corrected chi connectivity index (χ1v) is 10.9. The fourth-order valence-electron chi connectivity index (χ4n) is 2.78. The molecule has 4 nitrogen and oxygen atoms in total. The molecule has 0 unspecified atom stereocenters. The number of carbonyl (C=O) groups excluding carboxylic acids is 1. The zero-order chi connectivity index (χ0) is 23.1. The lowest BCUT2D eigenvalue weighted by Gasteiger charge is -2.11. The van der Waals surface area contributed by atoms with Crippen molar-refractivity contribution in [1.29, 1.82) is 0 Å². The summed E-state index contributed by atoms with van der Waals surface area (Å²) in [5, 5.41) is 3.89. The molecule has 0 heterocycles. The van der Waals surface area contributed by atoms with Crippen LogP contribution in [0, 0.1) is 0 Å². The number of carbonyl (C=O) groups is 1. The number of nitrogens with zero attached hydrogens (tertiary/aromatic N) is 1. The van der Waals surface area contributed by atoms with Crippen LogP contribution in [-0.4, -0.2) is 12.1 Å². The van der Waals surface area contributed by atoms with Gasteiger partial charge in [-0.1, -0.05) is 48.5 Å². The number of hydrazone groups is 1. The van der Waals surface area contributed by atoms with Gasteiger partial charge in [-0.15, -0.1) is 0 Å². The number of hydrogen-bond acceptors (Lipinski definition) is 3. The second kappa shape index (κ2) is 10.8. The van der Waals surface area contributed by atoms with Gasteiger partial charge in [0.05, 0.1) is 27.1 Å². The summed E-state index contributed by atoms with van der Waals surface area (Å²) in [6, 6.07) is 17.9. The van der Waals surface area contributed by atoms with Gasteiger partial charge in [0.2, 0.25) is 5.91 Å². The first kappa shape index (κ1) is 24.0. The average Bonchev–Trinajstić information content (AvgIpc) is 2.73. The van der Waals surface area contributed by atoms with E-state index in [1.807, 2.05) is 30.3 Å². The van der Waals surface area contributed by atoms with Crippen LogP contribution in [0.2, 0.25) is 0 Å². The van der Waals surface area contributed by atoms with E-state index >= 15 is 0 Å². The SMILES string of the molecule is O=C(Cc1cccc(C(F)(F)F)c1)N/N=C\c1cc(Br)c(OCc2ccccc2)c(Br)c1. The summed E-state index contributed by atoms with van der Waals surface area (Å²) >= 11 is 6.93. The fourth-order valence-corrected chi connectivity index (χ4v) is 4.23. The molecule has 0 aliphatic carbocycles. The predicted molar refractivity (Wildman–Crippen MR) is 124 cm³/mol. The second-order valence-electron chi connectivity index (χ2n) is 6.76. The predicted octanol–water partition coefficient (Wildman–Crippen LogP) is 6.50. The Hall–Kier alpha value is -2.65. The van der Waals surface area contributed by atoms with Crippen LogP contribution in [-0.2, 0) is 24.0 Å². The summed E-state index contributed by atoms with van der Waals surface area (Å²) < 4.78 is 45.6. The molecule has 0 aliphatic rings. The summed E-state index contributed by atoms with van der Waals surface area (Å²) in [6.45, 7) is 0.400. The lowest BCUT2D eigenvalue weighted by atomic mass is 10.1. The molecule has 3 aromatic carbocycles. The van der Waals surface area contributed by atoms with E-state index in [0.717, 1.165) is 17.7 Å². The average molecular weight is 570 g/mol. The van der Waals surface area contributed by atoms with Crippen LogP contribution in [0.15, 0.2) is 80.8 Å². The minimum atomic E-state index is -4.46. The number of ether oxygens (including phenoxy) is 1. The molecular formula is C23H17Br2F3N2O2. The molecule has 1 N–H and O–H groups in total. The Labute approximate surface area is 199 Å². The van der Waals surface area contributed by atoms with Crippen LogP contribution >= 0.6 is 31.9 Å². The zero-order valence-corrected chi connectivity index (χ0v) is 19.7. The number of alkyl halides is 3. The van der Waals surface area contributed by atoms with Crippen molar-refractivity contribution in [3.05, 3.63) is 97.9 Å². The molecule has 1 amide bonds. The zero-order valence-electron chi connectivity index (χ0n) is 16.5. The van der Waals surface area contributed by atoms with Crippen molar-refractivity contribution in [3.8, 4) is 5.75 Å². The van der Waals surface area contributed by atoms with Gasteiger partial charge in [-0.25, -0.2) is 5.43 Å². The quantitative estimate of drug-likeness (QED) is 0.261. The lowest BCUT2D eigenvalue weighted by Crippen LogP contribution is -2.20. The van der Waals surface area contributed by atoms with Crippen molar-refractivity contribution < 1.29 is 22.7 Å². The maximum Gasteiger partial charge on any atom is 0.416 e. The molecule has 0 spiro atoms. The van der Waals surface area contributed by atoms with Crippen molar-refractivity contribution >= 4 is 44.0 Å². The van der Waals surface area contributed by atoms with Crippen molar-refractivity contribution in [3.63, 3.8) is 0 Å². The van der Waals surface area contributed by atoms with Gasteiger partial charge in [-0.3, -0.25) is 4.79 Å². The Bertz CT molecular complexity index is 1100. The number of nitrogens with one attached hydrogen (secondary N) is 1. The normalized spacial score (nSPS) is 11.5. The van der Waals surface area contributed by atoms with Crippen LogP contribution in [0.1, 0.15) is 22.3 Å². The van der Waals surface area contributed by atoms with Crippen LogP contribution < -0.4 is 10.2 Å². The van der Waals surface area contributed by atoms with Gasteiger partial charge in [0.25, 0.3) is 0 Å². The minimum absolute atomic E-state index is 0.221. The Morgan fingerprint density at radius 2 is 1.62 bits per heavy atom. The van der Waals surface area contributed by atoms with Crippen LogP contribution in [0.3, 0.4) is 0 Å². The van der Waals surface area contributed by atoms with Crippen LogP contribution in [0.5, 0.6) is 5.75 Å². The minimum Gasteiger partial charge on any atom is -0.487 e. The summed E-state index contributed by atoms with van der Waals surface area (Å²) in [5.74, 6) is 0.0982. The highest BCUT2D eigenvalue weighted by Crippen LogP contribution is 2.35. The van der Waals surface area contributed by atoms with E-state index in [1.165, 1.54) is 18.3 Å². The van der Waals surface area contributed by atoms with Gasteiger partial charge in [-0.2, -0.15) is 18.3 Å². The highest BCUT2D eigenvalue weighted by molar-refractivity contribution is 9.11. The Balaban J connectivity index is 1.58. The third-order valence-corrected chi connectivity index (χ3v) is 5.45. The Morgan fingerprint density at radius 1 is 0.969 bits per heavy atom. The molecular weight excluding hydrogens is 553 g/mol. The molecule has 0 fully saturated rings. The summed E-state index contributed by atoms with van der Waals surface area (Å²) in [4.78, 5) is 12.0. The van der Waals surface area contributed by atoms with E-state index in [9.17, 15) is 18.0 Å². The van der Waals surface area contributed by atoms with E-state index < -0.39 is 17.6 Å². The van der Waals surface area contributed by atoms with Gasteiger partial charge < -0.3 is 4.74 Å². The fraction of sp³-hybridized carbons (Fsp3) is 0.130. The van der Waals surface area contributed by atoms with E-state index in [1.54, 1.807) is 12.1 Å². The van der Waals surface area contributed by atoms with E-state index in [2.05, 4.69) is 42.4 Å². The molecule has 0 aliphatic heterocycles. The third-order valence-electron chi connectivity index (χ3n) is 4.27. The topological polar surface area (TPSA) is 50.7 Å². The van der Waals surface area contributed by atoms with Crippen molar-refractivity contribution in [1.82, 2.24) is 5.43 Å². The number of rotatable bonds is 7. The first-order chi connectivity index (χ1) is 15.2. The molecule has 0 atom stereocenters. The molecule has 3 aromatic rings. The molecule has 0 saturated heterocycles. The number of benzene rings is 3. The van der Waals surface area contributed by atoms with Crippen molar-refractivity contribution in [2.75, 3.05) is 0 Å². The number of hydrogen-bond donors (Lipinski definition) is 1. The highest BCUT2D eigenvalue weighted by Gasteiger charge is 2.30. The molecule has 0 aromatic heterocycles. The van der Waals surface area contributed by atoms with Gasteiger partial charge >= 0.3 is 6.18 Å². The van der Waals surface area contributed by atoms with Crippen molar-refractivity contribution in [2.45, 2.75) is 19.2 Å². The summed E-state index contributed by atoms with van der Waals surface area (Å²) in [7, 11) is 0. The molecule has 0 bridgehead atoms. The van der Waals surface area contributed by atoms with Gasteiger partial charge in [-0.05, 0) is 66.7 Å². The lowest BCUT2D eigenvalue weighted by molar-refractivity contribution is -0.137. The monoisotopic (exact) mass is 568 g/mol. The largest absolute Gasteiger partial charge is 0.487 e. The van der Waals surface area contributed by atoms with Gasteiger partial charge in [0.15, 0.2) is 0 Å². The van der Waals surface area contributed by atoms with Crippen LogP contribution in [0.25, 0.3) is 0 Å². The summed E-state index contributed by atoms with van der Waals surface area (Å²) in [5.41, 5.74) is 3.48. The Kier molecular flexibility index (Phi) is 8.09. The molecule has 166 valence electrons. The van der Waals surface area contributed by atoms with Crippen molar-refractivity contribution in [2.24, 2.45) is 5.10 Å². The van der Waals surface area contributed by atoms with E-state index in [0.29, 0.717) is 26.9 Å². The van der Waals surface area contributed by atoms with Gasteiger partial charge in [0, 0.05) is 0 Å². The highest BCUT2D eigenvalue weighted by atomic mass is 79.9. The summed E-state index contributed by atoms with van der Waals surface area (Å²) in [6.07, 6.45) is -3.25. The maximum absolute atomic E-state index is 12.8. The molecule has 3 rings (SSSR count). The molecule has 0 saturated carbocycles. The number of halogens is 5. The van der Waals surface area contributed by atoms with Gasteiger partial charge in [0.1, 0.15) is 12.4 Å². The molecule has 9 heteroatoms. The Morgan fingerprint density at radius 3 is 2.28 bits per heavy atom. The van der Waals surface area contributed by atoms with E-state index in [-0.39, 0.29) is 12.0 Å². The second-order valence-corrected chi connectivity index (χ2v) is 8.46. The standard InChI is InChI=1S/C23H17Br2F3N2O2/c24-19-10-17(11-20(25)22(19)32-14-15-5-2-1-3-6-15)13-29-30-21(31)12-16-7-4-8-18(9-16)23(26,27)28/h1-11,13H,12,14H2,(H,30,31)/b29-13-. The molecule has 32 heavy (non-hydrogen) atoms. The smallest absolute Gasteiger partial charge is 0.416 e. The van der Waals surface area contributed by atoms with E-state index in [4.69, 9.17) is 4.74 Å². The first-order valence-electron chi connectivity index (χ1n) is 9.36. The molecule has 0 radical (unpaired) electrons. The third kappa shape index (κ3) is 6.93. The number of amides is 1. The maximum atomic E-state index is 12.8.